The molecule has 0 radical (unpaired) electrons. The zero-order valence-corrected chi connectivity index (χ0v) is 19.0. The number of nitrogens with zero attached hydrogens (tertiary/aromatic N) is 2. The van der Waals surface area contributed by atoms with E-state index >= 15 is 0 Å². The second-order valence-corrected chi connectivity index (χ2v) is 8.76. The second-order valence-electron chi connectivity index (χ2n) is 7.90. The molecule has 162 valence electrons. The summed E-state index contributed by atoms with van der Waals surface area (Å²) in [7, 11) is 1.68. The largest absolute Gasteiger partial charge is 0.497 e. The number of carbonyl (C=O) groups excluding carboxylic acids is 1. The summed E-state index contributed by atoms with van der Waals surface area (Å²) < 4.78 is 5.23. The van der Waals surface area contributed by atoms with Crippen LogP contribution in [0.15, 0.2) is 53.9 Å². The third-order valence-electron chi connectivity index (χ3n) is 5.80. The van der Waals surface area contributed by atoms with Gasteiger partial charge in [0.2, 0.25) is 5.91 Å². The van der Waals surface area contributed by atoms with Crippen LogP contribution in [-0.4, -0.2) is 37.1 Å². The van der Waals surface area contributed by atoms with Crippen LogP contribution < -0.4 is 15.0 Å². The number of anilines is 1. The van der Waals surface area contributed by atoms with E-state index in [-0.39, 0.29) is 11.9 Å². The van der Waals surface area contributed by atoms with Gasteiger partial charge in [0, 0.05) is 35.8 Å². The lowest BCUT2D eigenvalue weighted by molar-refractivity contribution is -0.121. The molecule has 2 aromatic carbocycles. The Labute approximate surface area is 188 Å². The number of aromatic nitrogens is 1. The predicted octanol–water partition coefficient (Wildman–Crippen LogP) is 4.71. The Kier molecular flexibility index (Phi) is 6.87. The summed E-state index contributed by atoms with van der Waals surface area (Å²) >= 11 is 1.60. The fourth-order valence-electron chi connectivity index (χ4n) is 3.92. The topological polar surface area (TPSA) is 54.5 Å². The number of ether oxygens (including phenoxy) is 1. The summed E-state index contributed by atoms with van der Waals surface area (Å²) in [6.07, 6.45) is 3.26. The lowest BCUT2D eigenvalue weighted by Gasteiger charge is -2.34. The van der Waals surface area contributed by atoms with E-state index in [0.717, 1.165) is 54.4 Å². The van der Waals surface area contributed by atoms with E-state index in [1.54, 1.807) is 18.4 Å². The third kappa shape index (κ3) is 5.44. The maximum absolute atomic E-state index is 12.6. The highest BCUT2D eigenvalue weighted by atomic mass is 32.1. The van der Waals surface area contributed by atoms with Gasteiger partial charge in [0.1, 0.15) is 10.8 Å². The number of benzene rings is 2. The van der Waals surface area contributed by atoms with E-state index in [4.69, 9.17) is 4.74 Å². The van der Waals surface area contributed by atoms with E-state index in [1.807, 2.05) is 17.5 Å². The van der Waals surface area contributed by atoms with Crippen LogP contribution >= 0.6 is 11.3 Å². The lowest BCUT2D eigenvalue weighted by Crippen LogP contribution is -2.45. The molecule has 0 saturated carbocycles. The normalized spacial score (nSPS) is 14.5. The first kappa shape index (κ1) is 21.4. The van der Waals surface area contributed by atoms with Gasteiger partial charge < -0.3 is 15.0 Å². The van der Waals surface area contributed by atoms with Gasteiger partial charge in [0.05, 0.1) is 19.2 Å². The van der Waals surface area contributed by atoms with E-state index in [2.05, 4.69) is 58.5 Å². The van der Waals surface area contributed by atoms with Crippen molar-refractivity contribution in [2.45, 2.75) is 38.6 Å². The van der Waals surface area contributed by atoms with E-state index in [0.29, 0.717) is 6.42 Å². The van der Waals surface area contributed by atoms with Crippen LogP contribution in [0, 0.1) is 0 Å². The van der Waals surface area contributed by atoms with Crippen LogP contribution in [0.25, 0.3) is 10.6 Å². The molecule has 0 aliphatic carbocycles. The van der Waals surface area contributed by atoms with Gasteiger partial charge in [-0.3, -0.25) is 4.79 Å². The number of carbonyl (C=O) groups is 1. The average molecular weight is 436 g/mol. The number of thiazole rings is 1. The minimum atomic E-state index is 0.0566. The van der Waals surface area contributed by atoms with Crippen molar-refractivity contribution in [2.24, 2.45) is 0 Å². The highest BCUT2D eigenvalue weighted by Gasteiger charge is 2.21. The summed E-state index contributed by atoms with van der Waals surface area (Å²) in [6, 6.07) is 16.9. The number of amides is 1. The molecule has 1 N–H and O–H groups in total. The highest BCUT2D eigenvalue weighted by Crippen LogP contribution is 2.25. The fraction of sp³-hybridized carbons (Fsp3) is 0.360. The summed E-state index contributed by atoms with van der Waals surface area (Å²) in [5.41, 5.74) is 4.47. The van der Waals surface area contributed by atoms with Crippen LogP contribution in [-0.2, 0) is 17.6 Å². The number of rotatable bonds is 7. The van der Waals surface area contributed by atoms with Gasteiger partial charge in [0.25, 0.3) is 0 Å². The lowest BCUT2D eigenvalue weighted by atomic mass is 10.0. The number of aryl methyl sites for hydroxylation is 1. The summed E-state index contributed by atoms with van der Waals surface area (Å²) in [6.45, 7) is 4.02. The van der Waals surface area contributed by atoms with Crippen molar-refractivity contribution in [2.75, 3.05) is 25.1 Å². The van der Waals surface area contributed by atoms with Gasteiger partial charge in [-0.2, -0.15) is 0 Å². The van der Waals surface area contributed by atoms with E-state index < -0.39 is 0 Å². The Balaban J connectivity index is 1.26. The predicted molar refractivity (Wildman–Crippen MR) is 127 cm³/mol. The molecule has 1 amide bonds. The van der Waals surface area contributed by atoms with Crippen molar-refractivity contribution < 1.29 is 9.53 Å². The molecule has 0 spiro atoms. The molecule has 1 aliphatic rings. The van der Waals surface area contributed by atoms with Crippen molar-refractivity contribution in [1.82, 2.24) is 10.3 Å². The average Bonchev–Trinajstić information content (AvgIpc) is 3.28. The van der Waals surface area contributed by atoms with Crippen molar-refractivity contribution in [1.29, 1.82) is 0 Å². The molecule has 1 saturated heterocycles. The molecule has 6 heteroatoms. The molecule has 31 heavy (non-hydrogen) atoms. The van der Waals surface area contributed by atoms with Crippen molar-refractivity contribution in [3.8, 4) is 16.3 Å². The summed E-state index contributed by atoms with van der Waals surface area (Å²) in [5.74, 6) is 0.926. The number of nitrogens with one attached hydrogen (secondary N) is 1. The first-order valence-corrected chi connectivity index (χ1v) is 11.7. The van der Waals surface area contributed by atoms with Crippen LogP contribution in [0.1, 0.15) is 31.0 Å². The Bertz CT molecular complexity index is 990. The molecule has 1 fully saturated rings. The molecule has 0 atom stereocenters. The number of hydrogen-bond donors (Lipinski definition) is 1. The smallest absolute Gasteiger partial charge is 0.226 e. The van der Waals surface area contributed by atoms with Crippen LogP contribution in [0.5, 0.6) is 5.75 Å². The molecule has 1 aromatic heterocycles. The molecule has 1 aliphatic heterocycles. The number of methoxy groups -OCH3 is 1. The van der Waals surface area contributed by atoms with Crippen molar-refractivity contribution >= 4 is 22.9 Å². The molecular weight excluding hydrogens is 406 g/mol. The monoisotopic (exact) mass is 435 g/mol. The molecule has 2 heterocycles. The first-order valence-electron chi connectivity index (χ1n) is 10.9. The van der Waals surface area contributed by atoms with Gasteiger partial charge in [-0.25, -0.2) is 4.98 Å². The molecule has 0 unspecified atom stereocenters. The minimum absolute atomic E-state index is 0.0566. The number of hydrogen-bond acceptors (Lipinski definition) is 5. The van der Waals surface area contributed by atoms with Crippen LogP contribution in [0.3, 0.4) is 0 Å². The molecule has 0 bridgehead atoms. The van der Waals surface area contributed by atoms with Crippen molar-refractivity contribution in [3.63, 3.8) is 0 Å². The highest BCUT2D eigenvalue weighted by molar-refractivity contribution is 7.13. The Morgan fingerprint density at radius 1 is 1.13 bits per heavy atom. The quantitative estimate of drug-likeness (QED) is 0.584. The number of piperidine rings is 1. The maximum Gasteiger partial charge on any atom is 0.226 e. The molecule has 3 aromatic rings. The SMILES string of the molecule is CCc1ccc(-c2nc(CC(=O)NC3CCN(c4ccc(OC)cc4)CC3)cs2)cc1. The molecular formula is C25H29N3O2S. The summed E-state index contributed by atoms with van der Waals surface area (Å²) in [5, 5.41) is 6.17. The Hall–Kier alpha value is -2.86. The Morgan fingerprint density at radius 3 is 2.48 bits per heavy atom. The maximum atomic E-state index is 12.6. The zero-order chi connectivity index (χ0) is 21.6. The van der Waals surface area contributed by atoms with Crippen molar-refractivity contribution in [3.05, 3.63) is 65.2 Å². The minimum Gasteiger partial charge on any atom is -0.497 e. The van der Waals surface area contributed by atoms with Gasteiger partial charge >= 0.3 is 0 Å². The summed E-state index contributed by atoms with van der Waals surface area (Å²) in [4.78, 5) is 19.6. The third-order valence-corrected chi connectivity index (χ3v) is 6.74. The van der Waals surface area contributed by atoms with Gasteiger partial charge in [-0.1, -0.05) is 31.2 Å². The van der Waals surface area contributed by atoms with E-state index in [1.165, 1.54) is 11.3 Å². The van der Waals surface area contributed by atoms with Gasteiger partial charge in [0.15, 0.2) is 0 Å². The first-order chi connectivity index (χ1) is 15.1. The molecule has 5 nitrogen and oxygen atoms in total. The fourth-order valence-corrected chi connectivity index (χ4v) is 4.75. The second kappa shape index (κ2) is 9.96. The van der Waals surface area contributed by atoms with Crippen LogP contribution in [0.4, 0.5) is 5.69 Å². The van der Waals surface area contributed by atoms with Crippen LogP contribution in [0.2, 0.25) is 0 Å². The molecule has 4 rings (SSSR count). The van der Waals surface area contributed by atoms with E-state index in [9.17, 15) is 4.79 Å². The van der Waals surface area contributed by atoms with Gasteiger partial charge in [-0.05, 0) is 49.1 Å². The Morgan fingerprint density at radius 2 is 1.84 bits per heavy atom. The standard InChI is InChI=1S/C25H29N3O2S/c1-3-18-4-6-19(7-5-18)25-27-21(17-31-25)16-24(29)26-20-12-14-28(15-13-20)22-8-10-23(30-2)11-9-22/h4-11,17,20H,3,12-16H2,1-2H3,(H,26,29). The van der Waals surface area contributed by atoms with Gasteiger partial charge in [-0.15, -0.1) is 11.3 Å². The zero-order valence-electron chi connectivity index (χ0n) is 18.1.